The first kappa shape index (κ1) is 8.70. The highest BCUT2D eigenvalue weighted by Crippen LogP contribution is 2.06. The summed E-state index contributed by atoms with van der Waals surface area (Å²) < 4.78 is 0. The third-order valence-corrected chi connectivity index (χ3v) is 1.54. The normalized spacial score (nSPS) is 14.6. The Morgan fingerprint density at radius 1 is 1.56 bits per heavy atom. The zero-order chi connectivity index (χ0) is 7.11. The van der Waals surface area contributed by atoms with Crippen LogP contribution in [-0.2, 0) is 0 Å². The van der Waals surface area contributed by atoms with Crippen molar-refractivity contribution in [2.24, 2.45) is 5.92 Å². The maximum Gasteiger partial charge on any atom is 0.0462 e. The van der Waals surface area contributed by atoms with Crippen LogP contribution >= 0.6 is 0 Å². The Hall–Kier alpha value is -0.300. The lowest BCUT2D eigenvalue weighted by molar-refractivity contribution is 0.224. The van der Waals surface area contributed by atoms with Crippen LogP contribution in [0.25, 0.3) is 0 Å². The van der Waals surface area contributed by atoms with E-state index in [9.17, 15) is 0 Å². The zero-order valence-corrected chi connectivity index (χ0v) is 6.30. The first-order valence-electron chi connectivity index (χ1n) is 3.57. The number of aliphatic hydroxyl groups is 1. The lowest BCUT2D eigenvalue weighted by Crippen LogP contribution is -2.01. The Kier molecular flexibility index (Phi) is 5.64. The second kappa shape index (κ2) is 5.83. The van der Waals surface area contributed by atoms with Crippen LogP contribution in [0.2, 0.25) is 0 Å². The van der Waals surface area contributed by atoms with E-state index in [0.717, 1.165) is 12.8 Å². The maximum absolute atomic E-state index is 8.72. The van der Waals surface area contributed by atoms with Crippen LogP contribution in [-0.4, -0.2) is 11.7 Å². The molecule has 0 saturated carbocycles. The predicted molar refractivity (Wildman–Crippen MR) is 40.3 cm³/mol. The van der Waals surface area contributed by atoms with E-state index in [1.165, 1.54) is 0 Å². The number of rotatable bonds is 4. The summed E-state index contributed by atoms with van der Waals surface area (Å²) in [6.07, 6.45) is 6.22. The van der Waals surface area contributed by atoms with Crippen molar-refractivity contribution in [3.63, 3.8) is 0 Å². The van der Waals surface area contributed by atoms with Gasteiger partial charge in [-0.05, 0) is 19.3 Å². The molecule has 0 aromatic rings. The topological polar surface area (TPSA) is 20.2 Å². The minimum atomic E-state index is 0.320. The van der Waals surface area contributed by atoms with E-state index in [1.54, 1.807) is 0 Å². The molecule has 0 rings (SSSR count). The molecule has 54 valence electrons. The Labute approximate surface area is 57.4 Å². The second-order valence-electron chi connectivity index (χ2n) is 2.26. The minimum absolute atomic E-state index is 0.320. The van der Waals surface area contributed by atoms with E-state index in [0.29, 0.717) is 12.5 Å². The number of hydrogen-bond acceptors (Lipinski definition) is 1. The molecule has 0 bridgehead atoms. The molecule has 0 aromatic carbocycles. The second-order valence-corrected chi connectivity index (χ2v) is 2.26. The summed E-state index contributed by atoms with van der Waals surface area (Å²) in [5.74, 6) is 0.473. The van der Waals surface area contributed by atoms with Crippen molar-refractivity contribution in [3.05, 3.63) is 12.2 Å². The van der Waals surface area contributed by atoms with Crippen molar-refractivity contribution in [3.8, 4) is 0 Å². The lowest BCUT2D eigenvalue weighted by Gasteiger charge is -2.05. The average Bonchev–Trinajstić information content (AvgIpc) is 1.91. The first-order valence-corrected chi connectivity index (χ1v) is 3.57. The van der Waals surface area contributed by atoms with Gasteiger partial charge >= 0.3 is 0 Å². The van der Waals surface area contributed by atoms with E-state index in [1.807, 2.05) is 13.0 Å². The number of hydrogen-bond donors (Lipinski definition) is 1. The van der Waals surface area contributed by atoms with Crippen LogP contribution in [0.3, 0.4) is 0 Å². The van der Waals surface area contributed by atoms with Gasteiger partial charge in [0.05, 0.1) is 0 Å². The molecule has 9 heavy (non-hydrogen) atoms. The Morgan fingerprint density at radius 2 is 2.22 bits per heavy atom. The van der Waals surface area contributed by atoms with Crippen molar-refractivity contribution < 1.29 is 5.11 Å². The largest absolute Gasteiger partial charge is 0.396 e. The predicted octanol–water partition coefficient (Wildman–Crippen LogP) is 1.97. The van der Waals surface area contributed by atoms with E-state index < -0.39 is 0 Å². The molecule has 0 aliphatic rings. The fraction of sp³-hybridized carbons (Fsp3) is 0.750. The van der Waals surface area contributed by atoms with E-state index >= 15 is 0 Å². The van der Waals surface area contributed by atoms with Gasteiger partial charge in [-0.2, -0.15) is 0 Å². The van der Waals surface area contributed by atoms with Gasteiger partial charge in [0.15, 0.2) is 0 Å². The maximum atomic E-state index is 8.72. The summed E-state index contributed by atoms with van der Waals surface area (Å²) in [6.45, 7) is 4.43. The Bertz CT molecular complexity index is 72.6. The van der Waals surface area contributed by atoms with Crippen molar-refractivity contribution in [1.29, 1.82) is 0 Å². The van der Waals surface area contributed by atoms with Gasteiger partial charge in [-0.15, -0.1) is 0 Å². The minimum Gasteiger partial charge on any atom is -0.396 e. The van der Waals surface area contributed by atoms with Crippen molar-refractivity contribution in [2.75, 3.05) is 6.61 Å². The molecule has 1 nitrogen and oxygen atoms in total. The monoisotopic (exact) mass is 128 g/mol. The van der Waals surface area contributed by atoms with Gasteiger partial charge in [-0.3, -0.25) is 0 Å². The molecule has 0 aromatic heterocycles. The molecular formula is C8H16O. The van der Waals surface area contributed by atoms with Gasteiger partial charge < -0.3 is 5.11 Å². The summed E-state index contributed by atoms with van der Waals surface area (Å²) in [4.78, 5) is 0. The smallest absolute Gasteiger partial charge is 0.0462 e. The summed E-state index contributed by atoms with van der Waals surface area (Å²) in [7, 11) is 0. The zero-order valence-electron chi connectivity index (χ0n) is 6.30. The van der Waals surface area contributed by atoms with E-state index in [4.69, 9.17) is 5.11 Å². The summed E-state index contributed by atoms with van der Waals surface area (Å²) in [5.41, 5.74) is 0. The summed E-state index contributed by atoms with van der Waals surface area (Å²) >= 11 is 0. The van der Waals surface area contributed by atoms with Gasteiger partial charge in [0.1, 0.15) is 0 Å². The number of allylic oxidation sites excluding steroid dienone is 2. The molecule has 1 atom stereocenters. The highest BCUT2D eigenvalue weighted by atomic mass is 16.3. The molecule has 0 fully saturated rings. The first-order chi connectivity index (χ1) is 4.35. The fourth-order valence-corrected chi connectivity index (χ4v) is 0.699. The van der Waals surface area contributed by atoms with Crippen LogP contribution in [0.4, 0.5) is 0 Å². The van der Waals surface area contributed by atoms with Crippen LogP contribution < -0.4 is 0 Å². The molecule has 1 N–H and O–H groups in total. The number of aliphatic hydroxyl groups excluding tert-OH is 1. The average molecular weight is 128 g/mol. The fourth-order valence-electron chi connectivity index (χ4n) is 0.699. The molecule has 0 heterocycles. The van der Waals surface area contributed by atoms with Gasteiger partial charge in [0, 0.05) is 6.61 Å². The van der Waals surface area contributed by atoms with E-state index in [-0.39, 0.29) is 0 Å². The molecule has 1 unspecified atom stereocenters. The molecule has 0 radical (unpaired) electrons. The molecule has 0 aliphatic heterocycles. The van der Waals surface area contributed by atoms with Crippen LogP contribution in [0.1, 0.15) is 26.7 Å². The third kappa shape index (κ3) is 4.22. The van der Waals surface area contributed by atoms with E-state index in [2.05, 4.69) is 13.0 Å². The van der Waals surface area contributed by atoms with Gasteiger partial charge in [0.25, 0.3) is 0 Å². The quantitative estimate of drug-likeness (QED) is 0.574. The molecule has 0 saturated heterocycles. The van der Waals surface area contributed by atoms with Crippen LogP contribution in [0, 0.1) is 5.92 Å². The molecule has 0 spiro atoms. The molecule has 0 aliphatic carbocycles. The highest BCUT2D eigenvalue weighted by molar-refractivity contribution is 4.79. The van der Waals surface area contributed by atoms with Crippen molar-refractivity contribution >= 4 is 0 Å². The van der Waals surface area contributed by atoms with Crippen LogP contribution in [0.15, 0.2) is 12.2 Å². The Morgan fingerprint density at radius 3 is 2.56 bits per heavy atom. The molecular weight excluding hydrogens is 112 g/mol. The highest BCUT2D eigenvalue weighted by Gasteiger charge is 1.99. The summed E-state index contributed by atoms with van der Waals surface area (Å²) in [6, 6.07) is 0. The van der Waals surface area contributed by atoms with Gasteiger partial charge in [-0.1, -0.05) is 25.5 Å². The molecule has 1 heteroatoms. The lowest BCUT2D eigenvalue weighted by atomic mass is 10.0. The van der Waals surface area contributed by atoms with Crippen molar-refractivity contribution in [2.45, 2.75) is 26.7 Å². The SMILES string of the molecule is C/C=C/CC(CC)CO. The van der Waals surface area contributed by atoms with Gasteiger partial charge in [0.2, 0.25) is 0 Å². The third-order valence-electron chi connectivity index (χ3n) is 1.54. The molecule has 0 amide bonds. The van der Waals surface area contributed by atoms with Crippen LogP contribution in [0.5, 0.6) is 0 Å². The standard InChI is InChI=1S/C8H16O/c1-3-5-6-8(4-2)7-9/h3,5,8-9H,4,6-7H2,1-2H3/b5-3+. The van der Waals surface area contributed by atoms with Gasteiger partial charge in [-0.25, -0.2) is 0 Å². The Balaban J connectivity index is 3.31. The van der Waals surface area contributed by atoms with Crippen molar-refractivity contribution in [1.82, 2.24) is 0 Å². The summed E-state index contributed by atoms with van der Waals surface area (Å²) in [5, 5.41) is 8.72.